The number of hydrogen-bond acceptors (Lipinski definition) is 4. The van der Waals surface area contributed by atoms with E-state index < -0.39 is 11.5 Å². The summed E-state index contributed by atoms with van der Waals surface area (Å²) in [5, 5.41) is 13.4. The van der Waals surface area contributed by atoms with Crippen molar-refractivity contribution in [2.75, 3.05) is 5.32 Å². The molecule has 0 radical (unpaired) electrons. The third kappa shape index (κ3) is 2.29. The quantitative estimate of drug-likeness (QED) is 0.846. The van der Waals surface area contributed by atoms with Crippen LogP contribution in [-0.4, -0.2) is 21.8 Å². The van der Waals surface area contributed by atoms with E-state index in [1.54, 1.807) is 30.5 Å². The Labute approximate surface area is 128 Å². The van der Waals surface area contributed by atoms with Gasteiger partial charge in [-0.15, -0.1) is 0 Å². The highest BCUT2D eigenvalue weighted by Gasteiger charge is 2.46. The molecule has 22 heavy (non-hydrogen) atoms. The van der Waals surface area contributed by atoms with Gasteiger partial charge in [0.05, 0.1) is 6.42 Å². The number of aryl methyl sites for hydroxylation is 1. The van der Waals surface area contributed by atoms with Crippen molar-refractivity contribution in [3.8, 4) is 0 Å². The van der Waals surface area contributed by atoms with Crippen molar-refractivity contribution in [1.82, 2.24) is 4.98 Å². The van der Waals surface area contributed by atoms with Gasteiger partial charge in [-0.25, -0.2) is 0 Å². The molecule has 0 saturated carbocycles. The number of Topliss-reactive ketones (excluding diaryl/α,β-unsaturated/α-hetero) is 1. The number of aliphatic hydroxyl groups is 1. The lowest BCUT2D eigenvalue weighted by Gasteiger charge is -2.20. The summed E-state index contributed by atoms with van der Waals surface area (Å²) >= 11 is 0. The molecule has 0 saturated heterocycles. The molecule has 1 aliphatic rings. The van der Waals surface area contributed by atoms with E-state index in [2.05, 4.69) is 10.3 Å². The van der Waals surface area contributed by atoms with Gasteiger partial charge in [0, 0.05) is 29.2 Å². The average molecular weight is 296 g/mol. The number of rotatable bonds is 4. The van der Waals surface area contributed by atoms with Gasteiger partial charge in [0.25, 0.3) is 5.91 Å². The Balaban J connectivity index is 1.96. The molecule has 5 heteroatoms. The summed E-state index contributed by atoms with van der Waals surface area (Å²) in [5.74, 6) is -0.881. The smallest absolute Gasteiger partial charge is 0.261 e. The summed E-state index contributed by atoms with van der Waals surface area (Å²) in [6, 6.07) is 8.71. The van der Waals surface area contributed by atoms with Crippen LogP contribution in [0.1, 0.15) is 34.8 Å². The third-order valence-electron chi connectivity index (χ3n) is 3.96. The van der Waals surface area contributed by atoms with Crippen molar-refractivity contribution < 1.29 is 14.7 Å². The van der Waals surface area contributed by atoms with Crippen molar-refractivity contribution in [1.29, 1.82) is 0 Å². The van der Waals surface area contributed by atoms with Crippen molar-refractivity contribution in [2.24, 2.45) is 0 Å². The predicted molar refractivity (Wildman–Crippen MR) is 81.5 cm³/mol. The maximum absolute atomic E-state index is 12.3. The summed E-state index contributed by atoms with van der Waals surface area (Å²) in [7, 11) is 0. The van der Waals surface area contributed by atoms with Crippen molar-refractivity contribution >= 4 is 17.4 Å². The van der Waals surface area contributed by atoms with Crippen molar-refractivity contribution in [2.45, 2.75) is 25.4 Å². The summed E-state index contributed by atoms with van der Waals surface area (Å²) in [4.78, 5) is 28.4. The molecular formula is C17H16N2O3. The number of aromatic nitrogens is 1. The summed E-state index contributed by atoms with van der Waals surface area (Å²) < 4.78 is 0. The molecule has 0 fully saturated rings. The number of carbonyl (C=O) groups is 2. The van der Waals surface area contributed by atoms with E-state index in [1.165, 1.54) is 6.20 Å². The second-order valence-electron chi connectivity index (χ2n) is 5.39. The first-order valence-corrected chi connectivity index (χ1v) is 7.15. The first-order valence-electron chi connectivity index (χ1n) is 7.15. The van der Waals surface area contributed by atoms with Gasteiger partial charge >= 0.3 is 0 Å². The van der Waals surface area contributed by atoms with Crippen LogP contribution in [0.4, 0.5) is 5.69 Å². The number of nitrogens with one attached hydrogen (secondary N) is 1. The van der Waals surface area contributed by atoms with Crippen LogP contribution in [0.3, 0.4) is 0 Å². The monoisotopic (exact) mass is 296 g/mol. The molecule has 3 rings (SSSR count). The van der Waals surface area contributed by atoms with Gasteiger partial charge in [-0.2, -0.15) is 0 Å². The van der Waals surface area contributed by atoms with Crippen LogP contribution in [0.2, 0.25) is 0 Å². The molecule has 1 aliphatic heterocycles. The number of amides is 1. The Bertz CT molecular complexity index is 743. The van der Waals surface area contributed by atoms with Crippen LogP contribution in [-0.2, 0) is 16.8 Å². The van der Waals surface area contributed by atoms with E-state index in [0.717, 1.165) is 12.0 Å². The fourth-order valence-electron chi connectivity index (χ4n) is 2.65. The third-order valence-corrected chi connectivity index (χ3v) is 3.96. The van der Waals surface area contributed by atoms with Gasteiger partial charge in [0.1, 0.15) is 0 Å². The number of ketones is 1. The van der Waals surface area contributed by atoms with Gasteiger partial charge in [-0.3, -0.25) is 14.6 Å². The molecule has 1 amide bonds. The molecule has 1 atom stereocenters. The van der Waals surface area contributed by atoms with E-state index in [-0.39, 0.29) is 12.2 Å². The molecule has 0 spiro atoms. The first-order chi connectivity index (χ1) is 10.5. The summed E-state index contributed by atoms with van der Waals surface area (Å²) in [6.07, 6.45) is 3.48. The Hall–Kier alpha value is -2.53. The van der Waals surface area contributed by atoms with E-state index in [0.29, 0.717) is 16.8 Å². The second kappa shape index (κ2) is 5.35. The first kappa shape index (κ1) is 14.4. The maximum atomic E-state index is 12.3. The van der Waals surface area contributed by atoms with Crippen LogP contribution in [0.5, 0.6) is 0 Å². The van der Waals surface area contributed by atoms with Gasteiger partial charge in [-0.1, -0.05) is 19.1 Å². The predicted octanol–water partition coefficient (Wildman–Crippen LogP) is 2.06. The zero-order valence-corrected chi connectivity index (χ0v) is 12.2. The van der Waals surface area contributed by atoms with Crippen LogP contribution >= 0.6 is 0 Å². The van der Waals surface area contributed by atoms with Crippen LogP contribution in [0, 0.1) is 0 Å². The lowest BCUT2D eigenvalue weighted by atomic mass is 9.87. The summed E-state index contributed by atoms with van der Waals surface area (Å²) in [6.45, 7) is 1.99. The molecule has 5 nitrogen and oxygen atoms in total. The van der Waals surface area contributed by atoms with Crippen LogP contribution in [0.15, 0.2) is 42.7 Å². The molecule has 112 valence electrons. The van der Waals surface area contributed by atoms with Gasteiger partial charge in [0.15, 0.2) is 11.4 Å². The topological polar surface area (TPSA) is 79.3 Å². The normalized spacial score (nSPS) is 19.6. The van der Waals surface area contributed by atoms with Crippen LogP contribution < -0.4 is 5.32 Å². The molecule has 2 aromatic rings. The number of fused-ring (bicyclic) bond motifs is 1. The number of hydrogen-bond donors (Lipinski definition) is 2. The summed E-state index contributed by atoms with van der Waals surface area (Å²) in [5.41, 5.74) is 0.581. The highest BCUT2D eigenvalue weighted by Crippen LogP contribution is 2.39. The highest BCUT2D eigenvalue weighted by molar-refractivity contribution is 6.09. The van der Waals surface area contributed by atoms with Gasteiger partial charge < -0.3 is 10.4 Å². The molecule has 2 heterocycles. The van der Waals surface area contributed by atoms with E-state index in [9.17, 15) is 14.7 Å². The molecular weight excluding hydrogens is 280 g/mol. The van der Waals surface area contributed by atoms with Crippen LogP contribution in [0.25, 0.3) is 0 Å². The molecule has 2 N–H and O–H groups in total. The minimum absolute atomic E-state index is 0.301. The standard InChI is InChI=1S/C17H16N2O3/c1-2-11-5-6-14-13(8-11)17(22,16(21)19-14)9-15(20)12-4-3-7-18-10-12/h3-8,10,22H,2,9H2,1H3,(H,19,21)/t17-/m0/s1. The number of nitrogens with zero attached hydrogens (tertiary/aromatic N) is 1. The number of benzene rings is 1. The van der Waals surface area contributed by atoms with Gasteiger partial charge in [-0.05, 0) is 30.2 Å². The lowest BCUT2D eigenvalue weighted by molar-refractivity contribution is -0.133. The molecule has 1 aromatic carbocycles. The number of anilines is 1. The Kier molecular flexibility index (Phi) is 3.50. The van der Waals surface area contributed by atoms with Crippen molar-refractivity contribution in [3.05, 3.63) is 59.4 Å². The van der Waals surface area contributed by atoms with E-state index in [1.807, 2.05) is 13.0 Å². The highest BCUT2D eigenvalue weighted by atomic mass is 16.3. The number of carbonyl (C=O) groups excluding carboxylic acids is 2. The molecule has 0 aliphatic carbocycles. The number of pyridine rings is 1. The largest absolute Gasteiger partial charge is 0.375 e. The van der Waals surface area contributed by atoms with Crippen molar-refractivity contribution in [3.63, 3.8) is 0 Å². The van der Waals surface area contributed by atoms with E-state index in [4.69, 9.17) is 0 Å². The molecule has 0 unspecified atom stereocenters. The SMILES string of the molecule is CCc1ccc2c(c1)[C@@](O)(CC(=O)c1cccnc1)C(=O)N2. The van der Waals surface area contributed by atoms with E-state index >= 15 is 0 Å². The zero-order valence-electron chi connectivity index (χ0n) is 12.2. The fourth-order valence-corrected chi connectivity index (χ4v) is 2.65. The molecule has 1 aromatic heterocycles. The maximum Gasteiger partial charge on any atom is 0.261 e. The second-order valence-corrected chi connectivity index (χ2v) is 5.39. The Morgan fingerprint density at radius 3 is 2.86 bits per heavy atom. The lowest BCUT2D eigenvalue weighted by Crippen LogP contribution is -2.36. The van der Waals surface area contributed by atoms with Gasteiger partial charge in [0.2, 0.25) is 0 Å². The zero-order chi connectivity index (χ0) is 15.7. The minimum Gasteiger partial charge on any atom is -0.375 e. The average Bonchev–Trinajstić information content (AvgIpc) is 2.79. The minimum atomic E-state index is -1.83. The Morgan fingerprint density at radius 2 is 2.18 bits per heavy atom. The Morgan fingerprint density at radius 1 is 1.36 bits per heavy atom. The molecule has 0 bridgehead atoms. The fraction of sp³-hybridized carbons (Fsp3) is 0.235.